The summed E-state index contributed by atoms with van der Waals surface area (Å²) in [5, 5.41) is 1.01. The highest BCUT2D eigenvalue weighted by molar-refractivity contribution is 5.85. The number of rotatable bonds is 6. The first-order valence-electron chi connectivity index (χ1n) is 10.6. The van der Waals surface area contributed by atoms with Crippen LogP contribution in [0, 0.1) is 0 Å². The average Bonchev–Trinajstić information content (AvgIpc) is 3.33. The maximum atomic E-state index is 12.8. The van der Waals surface area contributed by atoms with E-state index < -0.39 is 0 Å². The molecule has 0 N–H and O–H groups in total. The molecular weight excluding hydrogens is 400 g/mol. The topological polar surface area (TPSA) is 51.5 Å². The maximum absolute atomic E-state index is 12.8. The third-order valence-electron chi connectivity index (χ3n) is 6.16. The van der Waals surface area contributed by atoms with E-state index in [-0.39, 0.29) is 18.6 Å². The third kappa shape index (κ3) is 3.46. The monoisotopic (exact) mass is 423 g/mol. The van der Waals surface area contributed by atoms with Crippen LogP contribution in [-0.2, 0) is 22.6 Å². The molecule has 4 aromatic rings. The Morgan fingerprint density at radius 3 is 2.28 bits per heavy atom. The highest BCUT2D eigenvalue weighted by Crippen LogP contribution is 2.44. The van der Waals surface area contributed by atoms with Crippen LogP contribution in [0.1, 0.15) is 22.6 Å². The summed E-state index contributed by atoms with van der Waals surface area (Å²) >= 11 is 0. The Bertz CT molecular complexity index is 1260. The number of carbonyl (C=O) groups is 1. The van der Waals surface area contributed by atoms with Crippen LogP contribution in [0.15, 0.2) is 79.0 Å². The molecule has 1 heterocycles. The van der Waals surface area contributed by atoms with Crippen molar-refractivity contribution in [3.05, 3.63) is 95.7 Å². The molecule has 1 aliphatic carbocycles. The van der Waals surface area contributed by atoms with E-state index in [2.05, 4.69) is 24.3 Å². The summed E-state index contributed by atoms with van der Waals surface area (Å²) in [6.45, 7) is 0.845. The number of fused-ring (bicyclic) bond motifs is 4. The van der Waals surface area contributed by atoms with E-state index in [1.54, 1.807) is 11.9 Å². The second-order valence-electron chi connectivity index (χ2n) is 8.10. The Hall–Kier alpha value is -3.86. The van der Waals surface area contributed by atoms with Crippen molar-refractivity contribution in [2.24, 2.45) is 0 Å². The molecule has 0 spiro atoms. The predicted molar refractivity (Wildman–Crippen MR) is 124 cm³/mol. The molecule has 0 saturated heterocycles. The molecule has 0 fully saturated rings. The summed E-state index contributed by atoms with van der Waals surface area (Å²) in [6.07, 6.45) is 3.48. The van der Waals surface area contributed by atoms with Crippen molar-refractivity contribution in [2.45, 2.75) is 19.0 Å². The summed E-state index contributed by atoms with van der Waals surface area (Å²) in [4.78, 5) is 25.3. The van der Waals surface area contributed by atoms with Gasteiger partial charge in [0.15, 0.2) is 0 Å². The van der Waals surface area contributed by atoms with E-state index in [9.17, 15) is 9.59 Å². The minimum absolute atomic E-state index is 0.0322. The van der Waals surface area contributed by atoms with Gasteiger partial charge in [-0.3, -0.25) is 4.79 Å². The molecule has 1 aromatic heterocycles. The van der Waals surface area contributed by atoms with Gasteiger partial charge in [0, 0.05) is 30.1 Å². The van der Waals surface area contributed by atoms with Crippen LogP contribution in [0.25, 0.3) is 22.0 Å². The Labute approximate surface area is 186 Å². The Balaban J connectivity index is 1.31. The van der Waals surface area contributed by atoms with Crippen molar-refractivity contribution in [1.29, 1.82) is 0 Å². The maximum Gasteiger partial charge on any atom is 0.409 e. The SMILES string of the molecule is CN(Cc1cn(C[C]=O)c2ccccc12)C(=O)OCC1c2ccccc2-c2ccccc21. The predicted octanol–water partition coefficient (Wildman–Crippen LogP) is 5.13. The second-order valence-corrected chi connectivity index (χ2v) is 8.10. The summed E-state index contributed by atoms with van der Waals surface area (Å²) < 4.78 is 7.61. The van der Waals surface area contributed by atoms with Gasteiger partial charge < -0.3 is 14.2 Å². The average molecular weight is 423 g/mol. The molecule has 0 aliphatic heterocycles. The summed E-state index contributed by atoms with van der Waals surface area (Å²) in [6, 6.07) is 24.4. The van der Waals surface area contributed by atoms with Gasteiger partial charge >= 0.3 is 6.09 Å². The Morgan fingerprint density at radius 2 is 1.59 bits per heavy atom. The number of para-hydroxylation sites is 1. The van der Waals surface area contributed by atoms with Crippen LogP contribution in [0.4, 0.5) is 4.79 Å². The number of benzene rings is 3. The van der Waals surface area contributed by atoms with Crippen molar-refractivity contribution in [3.8, 4) is 11.1 Å². The normalized spacial score (nSPS) is 12.4. The molecule has 0 unspecified atom stereocenters. The fourth-order valence-corrected chi connectivity index (χ4v) is 4.67. The first-order chi connectivity index (χ1) is 15.7. The van der Waals surface area contributed by atoms with Crippen molar-refractivity contribution >= 4 is 23.3 Å². The lowest BCUT2D eigenvalue weighted by atomic mass is 9.98. The molecule has 32 heavy (non-hydrogen) atoms. The minimum Gasteiger partial charge on any atom is -0.448 e. The molecule has 5 heteroatoms. The van der Waals surface area contributed by atoms with E-state index in [4.69, 9.17) is 4.74 Å². The summed E-state index contributed by atoms with van der Waals surface area (Å²) in [7, 11) is 1.73. The van der Waals surface area contributed by atoms with Crippen LogP contribution >= 0.6 is 0 Å². The zero-order valence-electron chi connectivity index (χ0n) is 17.8. The molecule has 3 aromatic carbocycles. The van der Waals surface area contributed by atoms with Crippen LogP contribution in [0.3, 0.4) is 0 Å². The Kier molecular flexibility index (Phi) is 5.23. The standard InChI is InChI=1S/C27H23N2O3/c1-28(16-19-17-29(14-15-30)26-13-7-6-8-20(19)26)27(31)32-18-25-23-11-4-2-9-21(23)22-10-3-5-12-24(22)25/h2-13,17,25H,14,16,18H2,1H3. The van der Waals surface area contributed by atoms with Crippen LogP contribution in [0.5, 0.6) is 0 Å². The van der Waals surface area contributed by atoms with Gasteiger partial charge in [0.1, 0.15) is 6.61 Å². The van der Waals surface area contributed by atoms with Crippen molar-refractivity contribution in [2.75, 3.05) is 13.7 Å². The molecular formula is C27H23N2O3. The molecule has 159 valence electrons. The molecule has 1 amide bonds. The van der Waals surface area contributed by atoms with Gasteiger partial charge in [-0.2, -0.15) is 0 Å². The smallest absolute Gasteiger partial charge is 0.409 e. The van der Waals surface area contributed by atoms with E-state index in [1.165, 1.54) is 22.3 Å². The van der Waals surface area contributed by atoms with E-state index in [0.717, 1.165) is 16.5 Å². The molecule has 0 saturated carbocycles. The number of hydrogen-bond donors (Lipinski definition) is 0. The third-order valence-corrected chi connectivity index (χ3v) is 6.16. The van der Waals surface area contributed by atoms with Gasteiger partial charge in [0.25, 0.3) is 0 Å². The quantitative estimate of drug-likeness (QED) is 0.432. The lowest BCUT2D eigenvalue weighted by Crippen LogP contribution is -2.28. The fourth-order valence-electron chi connectivity index (χ4n) is 4.67. The molecule has 1 radical (unpaired) electrons. The molecule has 1 aliphatic rings. The molecule has 5 rings (SSSR count). The van der Waals surface area contributed by atoms with E-state index in [0.29, 0.717) is 13.2 Å². The van der Waals surface area contributed by atoms with Crippen molar-refractivity contribution in [3.63, 3.8) is 0 Å². The first-order valence-corrected chi connectivity index (χ1v) is 10.6. The summed E-state index contributed by atoms with van der Waals surface area (Å²) in [5.74, 6) is 0.0322. The van der Waals surface area contributed by atoms with Gasteiger partial charge in [-0.15, -0.1) is 0 Å². The van der Waals surface area contributed by atoms with Crippen LogP contribution in [0.2, 0.25) is 0 Å². The zero-order chi connectivity index (χ0) is 22.1. The van der Waals surface area contributed by atoms with Gasteiger partial charge in [0.2, 0.25) is 6.29 Å². The summed E-state index contributed by atoms with van der Waals surface area (Å²) in [5.41, 5.74) is 6.71. The molecule has 5 nitrogen and oxygen atoms in total. The number of carbonyl (C=O) groups excluding carboxylic acids is 2. The lowest BCUT2D eigenvalue weighted by Gasteiger charge is -2.19. The number of nitrogens with zero attached hydrogens (tertiary/aromatic N) is 2. The van der Waals surface area contributed by atoms with Crippen LogP contribution < -0.4 is 0 Å². The second kappa shape index (κ2) is 8.35. The first kappa shape index (κ1) is 20.1. The highest BCUT2D eigenvalue weighted by atomic mass is 16.6. The number of aromatic nitrogens is 1. The van der Waals surface area contributed by atoms with Crippen molar-refractivity contribution < 1.29 is 14.3 Å². The Morgan fingerprint density at radius 1 is 0.969 bits per heavy atom. The van der Waals surface area contributed by atoms with Gasteiger partial charge in [-0.25, -0.2) is 4.79 Å². The number of amides is 1. The number of hydrogen-bond acceptors (Lipinski definition) is 3. The van der Waals surface area contributed by atoms with Gasteiger partial charge in [-0.05, 0) is 33.9 Å². The van der Waals surface area contributed by atoms with E-state index >= 15 is 0 Å². The van der Waals surface area contributed by atoms with Gasteiger partial charge in [-0.1, -0.05) is 66.7 Å². The fraction of sp³-hybridized carbons (Fsp3) is 0.185. The van der Waals surface area contributed by atoms with Crippen LogP contribution in [-0.4, -0.2) is 35.5 Å². The van der Waals surface area contributed by atoms with E-state index in [1.807, 2.05) is 65.6 Å². The largest absolute Gasteiger partial charge is 0.448 e. The van der Waals surface area contributed by atoms with Gasteiger partial charge in [0.05, 0.1) is 13.1 Å². The molecule has 0 bridgehead atoms. The minimum atomic E-state index is -0.370. The lowest BCUT2D eigenvalue weighted by molar-refractivity contribution is 0.106. The number of ether oxygens (including phenoxy) is 1. The van der Waals surface area contributed by atoms with Crippen molar-refractivity contribution in [1.82, 2.24) is 9.47 Å². The zero-order valence-corrected chi connectivity index (χ0v) is 17.8. The molecule has 0 atom stereocenters. The highest BCUT2D eigenvalue weighted by Gasteiger charge is 2.29.